The van der Waals surface area contributed by atoms with Gasteiger partial charge < -0.3 is 5.32 Å². The van der Waals surface area contributed by atoms with Gasteiger partial charge in [0.25, 0.3) is 0 Å². The van der Waals surface area contributed by atoms with Gasteiger partial charge in [0.2, 0.25) is 0 Å². The number of carbonyl (C=O) groups excluding carboxylic acids is 1. The number of amides is 2. The number of hydroxylamine groups is 2. The van der Waals surface area contributed by atoms with Crippen molar-refractivity contribution in [3.63, 3.8) is 0 Å². The molecule has 0 radical (unpaired) electrons. The highest BCUT2D eigenvalue weighted by Gasteiger charge is 2.07. The number of urea groups is 1. The molecular weight excluding hydrogens is 312 g/mol. The first-order chi connectivity index (χ1) is 11.1. The molecule has 5 heteroatoms. The monoisotopic (exact) mass is 332 g/mol. The average molecular weight is 333 g/mol. The molecule has 4 nitrogen and oxygen atoms in total. The van der Waals surface area contributed by atoms with E-state index in [9.17, 15) is 4.79 Å². The zero-order valence-electron chi connectivity index (χ0n) is 13.4. The molecule has 23 heavy (non-hydrogen) atoms. The highest BCUT2D eigenvalue weighted by atomic mass is 35.5. The topological polar surface area (TPSA) is 41.6 Å². The Bertz CT molecular complexity index is 661. The molecule has 2 amide bonds. The van der Waals surface area contributed by atoms with Crippen molar-refractivity contribution in [1.29, 1.82) is 0 Å². The van der Waals surface area contributed by atoms with Gasteiger partial charge in [0.05, 0.1) is 7.11 Å². The van der Waals surface area contributed by atoms with Crippen LogP contribution < -0.4 is 5.32 Å². The summed E-state index contributed by atoms with van der Waals surface area (Å²) in [6.07, 6.45) is 2.94. The Balaban J connectivity index is 1.88. The molecule has 0 aliphatic carbocycles. The lowest BCUT2D eigenvalue weighted by molar-refractivity contribution is -0.0598. The number of aryl methyl sites for hydroxylation is 2. The van der Waals surface area contributed by atoms with E-state index < -0.39 is 0 Å². The number of anilines is 1. The van der Waals surface area contributed by atoms with Gasteiger partial charge in [-0.25, -0.2) is 9.86 Å². The van der Waals surface area contributed by atoms with E-state index in [2.05, 4.69) is 17.4 Å². The Morgan fingerprint density at radius 3 is 2.43 bits per heavy atom. The largest absolute Gasteiger partial charge is 0.345 e. The maximum absolute atomic E-state index is 11.8. The number of rotatable bonds is 6. The van der Waals surface area contributed by atoms with Crippen LogP contribution in [0, 0.1) is 0 Å². The van der Waals surface area contributed by atoms with Gasteiger partial charge in [0, 0.05) is 17.8 Å². The van der Waals surface area contributed by atoms with Gasteiger partial charge in [-0.3, -0.25) is 4.84 Å². The molecule has 0 atom stereocenters. The van der Waals surface area contributed by atoms with E-state index in [-0.39, 0.29) is 6.03 Å². The molecule has 0 unspecified atom stereocenters. The van der Waals surface area contributed by atoms with Crippen molar-refractivity contribution in [2.75, 3.05) is 19.5 Å². The number of benzene rings is 2. The van der Waals surface area contributed by atoms with Crippen LogP contribution in [0.25, 0.3) is 0 Å². The normalized spacial score (nSPS) is 10.4. The quantitative estimate of drug-likeness (QED) is 0.789. The molecule has 2 aromatic carbocycles. The van der Waals surface area contributed by atoms with Crippen LogP contribution >= 0.6 is 11.6 Å². The van der Waals surface area contributed by atoms with Crippen LogP contribution in [0.3, 0.4) is 0 Å². The lowest BCUT2D eigenvalue weighted by Crippen LogP contribution is -2.30. The minimum atomic E-state index is -0.302. The van der Waals surface area contributed by atoms with E-state index in [1.165, 1.54) is 18.2 Å². The Hall–Kier alpha value is -2.04. The zero-order chi connectivity index (χ0) is 16.7. The number of carbonyl (C=O) groups is 1. The molecule has 0 aliphatic heterocycles. The summed E-state index contributed by atoms with van der Waals surface area (Å²) in [4.78, 5) is 16.6. The summed E-state index contributed by atoms with van der Waals surface area (Å²) in [5.74, 6) is 0. The molecular formula is C18H21ClN2O2. The Labute approximate surface area is 142 Å². The van der Waals surface area contributed by atoms with Gasteiger partial charge in [-0.05, 0) is 54.7 Å². The van der Waals surface area contributed by atoms with Gasteiger partial charge in [-0.2, -0.15) is 0 Å². The van der Waals surface area contributed by atoms with Crippen molar-refractivity contribution >= 4 is 23.3 Å². The van der Waals surface area contributed by atoms with Gasteiger partial charge in [-0.1, -0.05) is 35.9 Å². The molecule has 0 saturated carbocycles. The van der Waals surface area contributed by atoms with E-state index >= 15 is 0 Å². The second-order valence-corrected chi connectivity index (χ2v) is 5.73. The first-order valence-corrected chi connectivity index (χ1v) is 7.88. The second-order valence-electron chi connectivity index (χ2n) is 5.29. The molecule has 0 aromatic heterocycles. The lowest BCUT2D eigenvalue weighted by Gasteiger charge is -2.15. The molecule has 122 valence electrons. The fraction of sp³-hybridized carbons (Fsp3) is 0.278. The minimum Gasteiger partial charge on any atom is -0.306 e. The van der Waals surface area contributed by atoms with E-state index in [1.54, 1.807) is 7.05 Å². The second kappa shape index (κ2) is 8.56. The van der Waals surface area contributed by atoms with Crippen molar-refractivity contribution in [3.05, 3.63) is 64.7 Å². The summed E-state index contributed by atoms with van der Waals surface area (Å²) in [6, 6.07) is 15.5. The molecule has 0 heterocycles. The molecule has 0 saturated heterocycles. The SMILES string of the molecule is CON(C)C(=O)Nc1cccc(CCCc2cccc(Cl)c2)c1. The molecule has 0 aliphatic rings. The fourth-order valence-electron chi connectivity index (χ4n) is 2.28. The Kier molecular flexibility index (Phi) is 6.44. The average Bonchev–Trinajstić information content (AvgIpc) is 2.54. The predicted octanol–water partition coefficient (Wildman–Crippen LogP) is 4.54. The van der Waals surface area contributed by atoms with Gasteiger partial charge in [0.1, 0.15) is 0 Å². The predicted molar refractivity (Wildman–Crippen MR) is 93.7 cm³/mol. The number of hydrogen-bond donors (Lipinski definition) is 1. The van der Waals surface area contributed by atoms with Crippen LogP contribution in [0.4, 0.5) is 10.5 Å². The summed E-state index contributed by atoms with van der Waals surface area (Å²) in [5.41, 5.74) is 3.19. The van der Waals surface area contributed by atoms with E-state index in [4.69, 9.17) is 16.4 Å². The van der Waals surface area contributed by atoms with Crippen LogP contribution in [0.1, 0.15) is 17.5 Å². The third kappa shape index (κ3) is 5.58. The van der Waals surface area contributed by atoms with Crippen molar-refractivity contribution < 1.29 is 9.63 Å². The van der Waals surface area contributed by atoms with E-state index in [0.29, 0.717) is 0 Å². The van der Waals surface area contributed by atoms with Crippen molar-refractivity contribution in [2.24, 2.45) is 0 Å². The summed E-state index contributed by atoms with van der Waals surface area (Å²) in [7, 11) is 3.01. The summed E-state index contributed by atoms with van der Waals surface area (Å²) < 4.78 is 0. The highest BCUT2D eigenvalue weighted by Crippen LogP contribution is 2.16. The van der Waals surface area contributed by atoms with Gasteiger partial charge in [0.15, 0.2) is 0 Å². The van der Waals surface area contributed by atoms with Crippen molar-refractivity contribution in [1.82, 2.24) is 5.06 Å². The third-order valence-electron chi connectivity index (χ3n) is 3.56. The number of hydrogen-bond acceptors (Lipinski definition) is 2. The van der Waals surface area contributed by atoms with E-state index in [0.717, 1.165) is 35.0 Å². The van der Waals surface area contributed by atoms with Crippen LogP contribution in [0.2, 0.25) is 5.02 Å². The zero-order valence-corrected chi connectivity index (χ0v) is 14.1. The maximum atomic E-state index is 11.8. The third-order valence-corrected chi connectivity index (χ3v) is 3.79. The molecule has 1 N–H and O–H groups in total. The Morgan fingerprint density at radius 2 is 1.78 bits per heavy atom. The Morgan fingerprint density at radius 1 is 1.13 bits per heavy atom. The molecule has 0 spiro atoms. The molecule has 2 aromatic rings. The molecule has 0 fully saturated rings. The molecule has 0 bridgehead atoms. The fourth-order valence-corrected chi connectivity index (χ4v) is 2.49. The standard InChI is InChI=1S/C18H21ClN2O2/c1-21(23-2)18(22)20-17-11-5-9-15(13-17)7-3-6-14-8-4-10-16(19)12-14/h4-5,8-13H,3,6-7H2,1-2H3,(H,20,22). The van der Waals surface area contributed by atoms with E-state index in [1.807, 2.05) is 36.4 Å². The lowest BCUT2D eigenvalue weighted by atomic mass is 10.0. The highest BCUT2D eigenvalue weighted by molar-refractivity contribution is 6.30. The summed E-state index contributed by atoms with van der Waals surface area (Å²) in [6.45, 7) is 0. The van der Waals surface area contributed by atoms with Gasteiger partial charge in [-0.15, -0.1) is 0 Å². The molecule has 2 rings (SSSR count). The number of halogens is 1. The van der Waals surface area contributed by atoms with Crippen LogP contribution in [0.5, 0.6) is 0 Å². The van der Waals surface area contributed by atoms with Gasteiger partial charge >= 0.3 is 6.03 Å². The number of nitrogens with one attached hydrogen (secondary N) is 1. The van der Waals surface area contributed by atoms with Crippen LogP contribution in [-0.4, -0.2) is 25.3 Å². The maximum Gasteiger partial charge on any atom is 0.345 e. The van der Waals surface area contributed by atoms with Crippen molar-refractivity contribution in [3.8, 4) is 0 Å². The first-order valence-electron chi connectivity index (χ1n) is 7.50. The summed E-state index contributed by atoms with van der Waals surface area (Å²) in [5, 5.41) is 4.71. The van der Waals surface area contributed by atoms with Crippen molar-refractivity contribution in [2.45, 2.75) is 19.3 Å². The minimum absolute atomic E-state index is 0.302. The van der Waals surface area contributed by atoms with Crippen LogP contribution in [0.15, 0.2) is 48.5 Å². The first kappa shape index (κ1) is 17.3. The number of nitrogens with zero attached hydrogens (tertiary/aromatic N) is 1. The summed E-state index contributed by atoms with van der Waals surface area (Å²) >= 11 is 5.99. The smallest absolute Gasteiger partial charge is 0.306 e. The van der Waals surface area contributed by atoms with Crippen LogP contribution in [-0.2, 0) is 17.7 Å².